The van der Waals surface area contributed by atoms with Gasteiger partial charge in [0.25, 0.3) is 5.91 Å². The first kappa shape index (κ1) is 22.3. The predicted octanol–water partition coefficient (Wildman–Crippen LogP) is 6.56. The van der Waals surface area contributed by atoms with Crippen LogP contribution in [0.25, 0.3) is 0 Å². The maximum Gasteiger partial charge on any atom is 0.354 e. The van der Waals surface area contributed by atoms with Gasteiger partial charge < -0.3 is 10.4 Å². The molecule has 152 valence electrons. The number of aliphatic carboxylic acids is 1. The second-order valence-electron chi connectivity index (χ2n) is 5.90. The van der Waals surface area contributed by atoms with Gasteiger partial charge >= 0.3 is 5.97 Å². The van der Waals surface area contributed by atoms with Crippen LogP contribution in [-0.4, -0.2) is 17.0 Å². The number of amides is 1. The molecule has 0 radical (unpaired) electrons. The van der Waals surface area contributed by atoms with Gasteiger partial charge in [0.15, 0.2) is 0 Å². The maximum absolute atomic E-state index is 12.6. The van der Waals surface area contributed by atoms with E-state index in [9.17, 15) is 14.7 Å². The summed E-state index contributed by atoms with van der Waals surface area (Å²) < 4.78 is 0.399. The van der Waals surface area contributed by atoms with Gasteiger partial charge in [-0.3, -0.25) is 4.79 Å². The van der Waals surface area contributed by atoms with Gasteiger partial charge in [-0.2, -0.15) is 0 Å². The minimum Gasteiger partial charge on any atom is -0.477 e. The van der Waals surface area contributed by atoms with Crippen LogP contribution in [0.4, 0.5) is 0 Å². The van der Waals surface area contributed by atoms with Gasteiger partial charge in [-0.05, 0) is 60.7 Å². The van der Waals surface area contributed by atoms with Crippen LogP contribution in [0.5, 0.6) is 0 Å². The summed E-state index contributed by atoms with van der Waals surface area (Å²) in [7, 11) is 0. The summed E-state index contributed by atoms with van der Waals surface area (Å²) in [6.07, 6.45) is 0. The molecule has 0 bridgehead atoms. The van der Waals surface area contributed by atoms with Gasteiger partial charge in [0.05, 0.1) is 4.24 Å². The Morgan fingerprint density at radius 3 is 1.63 bits per heavy atom. The zero-order valence-corrected chi connectivity index (χ0v) is 18.5. The molecule has 0 aliphatic rings. The number of benzene rings is 3. The number of thioether (sulfide) groups is 2. The van der Waals surface area contributed by atoms with Gasteiger partial charge in [0.1, 0.15) is 5.70 Å². The maximum atomic E-state index is 12.6. The lowest BCUT2D eigenvalue weighted by atomic mass is 10.2. The highest BCUT2D eigenvalue weighted by molar-refractivity contribution is 8.22. The van der Waals surface area contributed by atoms with Crippen LogP contribution in [0.3, 0.4) is 0 Å². The third kappa shape index (κ3) is 6.31. The molecule has 3 aromatic carbocycles. The minimum absolute atomic E-state index is 0.205. The van der Waals surface area contributed by atoms with Crippen LogP contribution in [0.1, 0.15) is 10.4 Å². The Hall–Kier alpha value is -2.38. The van der Waals surface area contributed by atoms with Crippen molar-refractivity contribution in [1.29, 1.82) is 0 Å². The molecule has 0 aliphatic carbocycles. The summed E-state index contributed by atoms with van der Waals surface area (Å²) in [4.78, 5) is 26.2. The van der Waals surface area contributed by atoms with E-state index in [2.05, 4.69) is 5.32 Å². The SMILES string of the molecule is O=C(O)C(NC(=O)c1ccccc1)=C(Sc1ccc(Cl)cc1)Sc1ccc(Cl)cc1. The fourth-order valence-corrected chi connectivity index (χ4v) is 4.76. The van der Waals surface area contributed by atoms with E-state index in [1.54, 1.807) is 78.9 Å². The lowest BCUT2D eigenvalue weighted by Crippen LogP contribution is -2.28. The van der Waals surface area contributed by atoms with E-state index < -0.39 is 11.9 Å². The molecule has 0 aliphatic heterocycles. The van der Waals surface area contributed by atoms with Crippen molar-refractivity contribution in [2.75, 3.05) is 0 Å². The van der Waals surface area contributed by atoms with E-state index in [4.69, 9.17) is 23.2 Å². The first-order valence-corrected chi connectivity index (χ1v) is 11.0. The molecule has 0 heterocycles. The minimum atomic E-state index is -1.24. The van der Waals surface area contributed by atoms with E-state index in [0.29, 0.717) is 19.8 Å². The zero-order chi connectivity index (χ0) is 21.5. The molecule has 0 unspecified atom stereocenters. The van der Waals surface area contributed by atoms with Crippen molar-refractivity contribution < 1.29 is 14.7 Å². The Labute approximate surface area is 192 Å². The lowest BCUT2D eigenvalue weighted by molar-refractivity contribution is -0.133. The number of hydrogen-bond donors (Lipinski definition) is 2. The Morgan fingerprint density at radius 1 is 0.733 bits per heavy atom. The lowest BCUT2D eigenvalue weighted by Gasteiger charge is -2.13. The van der Waals surface area contributed by atoms with Crippen molar-refractivity contribution in [2.45, 2.75) is 9.79 Å². The second kappa shape index (κ2) is 10.6. The molecule has 0 spiro atoms. The number of hydrogen-bond acceptors (Lipinski definition) is 4. The summed E-state index contributed by atoms with van der Waals surface area (Å²) in [5.74, 6) is -1.74. The van der Waals surface area contributed by atoms with Crippen molar-refractivity contribution >= 4 is 58.6 Å². The van der Waals surface area contributed by atoms with E-state index >= 15 is 0 Å². The summed E-state index contributed by atoms with van der Waals surface area (Å²) in [6, 6.07) is 22.5. The first-order chi connectivity index (χ1) is 14.4. The molecular formula is C22H15Cl2NO3S2. The summed E-state index contributed by atoms with van der Waals surface area (Å²) >= 11 is 14.4. The Morgan fingerprint density at radius 2 is 1.20 bits per heavy atom. The zero-order valence-electron chi connectivity index (χ0n) is 15.3. The van der Waals surface area contributed by atoms with E-state index in [-0.39, 0.29) is 5.70 Å². The standard InChI is InChI=1S/C22H15Cl2NO3S2/c23-15-6-10-17(11-7-15)29-22(30-18-12-8-16(24)9-13-18)19(21(27)28)25-20(26)14-4-2-1-3-5-14/h1-13H,(H,25,26)(H,27,28). The average molecular weight is 476 g/mol. The molecule has 0 saturated heterocycles. The highest BCUT2D eigenvalue weighted by atomic mass is 35.5. The molecule has 4 nitrogen and oxygen atoms in total. The van der Waals surface area contributed by atoms with Crippen molar-refractivity contribution in [3.8, 4) is 0 Å². The first-order valence-electron chi connectivity index (χ1n) is 8.63. The Kier molecular flexibility index (Phi) is 7.87. The molecule has 0 fully saturated rings. The van der Waals surface area contributed by atoms with Gasteiger partial charge in [0, 0.05) is 25.4 Å². The number of carboxylic acids is 1. The molecule has 3 aromatic rings. The fraction of sp³-hybridized carbons (Fsp3) is 0. The quantitative estimate of drug-likeness (QED) is 0.299. The van der Waals surface area contributed by atoms with Crippen LogP contribution >= 0.6 is 46.7 Å². The van der Waals surface area contributed by atoms with Gasteiger partial charge in [-0.25, -0.2) is 4.79 Å². The summed E-state index contributed by atoms with van der Waals surface area (Å²) in [5.41, 5.74) is 0.160. The topological polar surface area (TPSA) is 66.4 Å². The highest BCUT2D eigenvalue weighted by Gasteiger charge is 2.21. The smallest absolute Gasteiger partial charge is 0.354 e. The molecule has 0 saturated carbocycles. The third-order valence-corrected chi connectivity index (χ3v) is 6.54. The van der Waals surface area contributed by atoms with Crippen molar-refractivity contribution in [3.63, 3.8) is 0 Å². The highest BCUT2D eigenvalue weighted by Crippen LogP contribution is 2.41. The van der Waals surface area contributed by atoms with Gasteiger partial charge in [-0.1, -0.05) is 64.9 Å². The van der Waals surface area contributed by atoms with E-state index in [0.717, 1.165) is 9.79 Å². The van der Waals surface area contributed by atoms with E-state index in [1.165, 1.54) is 23.5 Å². The number of nitrogens with one attached hydrogen (secondary N) is 1. The molecule has 0 aromatic heterocycles. The van der Waals surface area contributed by atoms with Crippen LogP contribution in [0.2, 0.25) is 10.0 Å². The monoisotopic (exact) mass is 475 g/mol. The van der Waals surface area contributed by atoms with Crippen LogP contribution in [0, 0.1) is 0 Å². The predicted molar refractivity (Wildman–Crippen MR) is 123 cm³/mol. The molecule has 3 rings (SSSR count). The number of halogens is 2. The number of carbonyl (C=O) groups excluding carboxylic acids is 1. The summed E-state index contributed by atoms with van der Waals surface area (Å²) in [6.45, 7) is 0. The van der Waals surface area contributed by atoms with E-state index in [1.807, 2.05) is 0 Å². The summed E-state index contributed by atoms with van der Waals surface area (Å²) in [5, 5.41) is 13.5. The Balaban J connectivity index is 1.98. The van der Waals surface area contributed by atoms with Gasteiger partial charge in [0.2, 0.25) is 0 Å². The van der Waals surface area contributed by atoms with Crippen LogP contribution in [-0.2, 0) is 4.79 Å². The molecule has 8 heteroatoms. The second-order valence-corrected chi connectivity index (χ2v) is 9.20. The molecule has 30 heavy (non-hydrogen) atoms. The van der Waals surface area contributed by atoms with Crippen molar-refractivity contribution in [3.05, 3.63) is 104 Å². The molecule has 0 atom stereocenters. The molecular weight excluding hydrogens is 461 g/mol. The number of carbonyl (C=O) groups is 2. The average Bonchev–Trinajstić information content (AvgIpc) is 2.75. The third-order valence-electron chi connectivity index (χ3n) is 3.74. The van der Waals surface area contributed by atoms with Gasteiger partial charge in [-0.15, -0.1) is 0 Å². The number of carboxylic acid groups (broad SMARTS) is 1. The normalized spacial score (nSPS) is 10.3. The number of rotatable bonds is 7. The van der Waals surface area contributed by atoms with Crippen molar-refractivity contribution in [1.82, 2.24) is 5.32 Å². The molecule has 2 N–H and O–H groups in total. The van der Waals surface area contributed by atoms with Crippen molar-refractivity contribution in [2.24, 2.45) is 0 Å². The van der Waals surface area contributed by atoms with Crippen LogP contribution in [0.15, 0.2) is 98.6 Å². The van der Waals surface area contributed by atoms with Crippen LogP contribution < -0.4 is 5.32 Å². The Bertz CT molecular complexity index is 1020. The molecule has 1 amide bonds. The fourth-order valence-electron chi connectivity index (χ4n) is 2.31. The largest absolute Gasteiger partial charge is 0.477 e.